The lowest BCUT2D eigenvalue weighted by Crippen LogP contribution is -2.25. The molecule has 0 spiro atoms. The highest BCUT2D eigenvalue weighted by Gasteiger charge is 2.30. The predicted octanol–water partition coefficient (Wildman–Crippen LogP) is 3.99. The third-order valence-electron chi connectivity index (χ3n) is 3.67. The van der Waals surface area contributed by atoms with E-state index in [1.165, 1.54) is 0 Å². The van der Waals surface area contributed by atoms with Gasteiger partial charge in [-0.2, -0.15) is 0 Å². The summed E-state index contributed by atoms with van der Waals surface area (Å²) in [7, 11) is 0. The zero-order chi connectivity index (χ0) is 16.9. The van der Waals surface area contributed by atoms with E-state index in [0.29, 0.717) is 12.0 Å². The molecule has 22 heavy (non-hydrogen) atoms. The van der Waals surface area contributed by atoms with Crippen LogP contribution in [-0.2, 0) is 4.79 Å². The molecule has 1 aliphatic rings. The van der Waals surface area contributed by atoms with E-state index in [2.05, 4.69) is 0 Å². The van der Waals surface area contributed by atoms with Crippen molar-refractivity contribution < 1.29 is 19.8 Å². The first-order valence-corrected chi connectivity index (χ1v) is 7.05. The van der Waals surface area contributed by atoms with E-state index >= 15 is 0 Å². The van der Waals surface area contributed by atoms with Crippen LogP contribution in [0.3, 0.4) is 0 Å². The van der Waals surface area contributed by atoms with Gasteiger partial charge < -0.3 is 10.2 Å². The fraction of sp³-hybridized carbons (Fsp3) is 0.333. The zero-order valence-corrected chi connectivity index (χ0v) is 13.4. The summed E-state index contributed by atoms with van der Waals surface area (Å²) in [6.07, 6.45) is 6.17. The number of aryl methyl sites for hydroxylation is 2. The fourth-order valence-corrected chi connectivity index (χ4v) is 1.95. The van der Waals surface area contributed by atoms with Gasteiger partial charge in [0.1, 0.15) is 0 Å². The molecule has 118 valence electrons. The Bertz CT molecular complexity index is 640. The third-order valence-corrected chi connectivity index (χ3v) is 3.67. The van der Waals surface area contributed by atoms with Gasteiger partial charge in [0.15, 0.2) is 0 Å². The van der Waals surface area contributed by atoms with Gasteiger partial charge >= 0.3 is 11.9 Å². The Kier molecular flexibility index (Phi) is 5.69. The van der Waals surface area contributed by atoms with E-state index in [1.807, 2.05) is 38.1 Å². The minimum atomic E-state index is -0.855. The van der Waals surface area contributed by atoms with Gasteiger partial charge in [-0.25, -0.2) is 4.79 Å². The maximum atomic E-state index is 10.7. The van der Waals surface area contributed by atoms with E-state index in [0.717, 1.165) is 16.7 Å². The number of carboxylic acids is 2. The van der Waals surface area contributed by atoms with Crippen LogP contribution >= 0.6 is 0 Å². The second-order valence-corrected chi connectivity index (χ2v) is 5.83. The van der Waals surface area contributed by atoms with Crippen LogP contribution in [-0.4, -0.2) is 22.2 Å². The first-order chi connectivity index (χ1) is 10.2. The molecule has 0 heterocycles. The Balaban J connectivity index is 0.000000220. The van der Waals surface area contributed by atoms with Crippen molar-refractivity contribution in [3.63, 3.8) is 0 Å². The van der Waals surface area contributed by atoms with E-state index < -0.39 is 17.4 Å². The molecule has 4 heteroatoms. The first kappa shape index (κ1) is 17.7. The highest BCUT2D eigenvalue weighted by atomic mass is 16.4. The van der Waals surface area contributed by atoms with E-state index in [9.17, 15) is 9.59 Å². The summed E-state index contributed by atoms with van der Waals surface area (Å²) in [5.41, 5.74) is 2.64. The van der Waals surface area contributed by atoms with Crippen LogP contribution in [0.2, 0.25) is 0 Å². The molecule has 4 nitrogen and oxygen atoms in total. The molecule has 1 unspecified atom stereocenters. The monoisotopic (exact) mass is 302 g/mol. The second kappa shape index (κ2) is 7.07. The third kappa shape index (κ3) is 4.58. The van der Waals surface area contributed by atoms with Crippen LogP contribution in [0, 0.1) is 19.3 Å². The SMILES string of the molecule is CC1=CCC(C)(C(=O)O)C=C1.Cc1ccc(C)c(C(=O)O)c1. The minimum absolute atomic E-state index is 0.394. The Morgan fingerprint density at radius 3 is 2.18 bits per heavy atom. The van der Waals surface area contributed by atoms with Gasteiger partial charge in [0, 0.05) is 0 Å². The van der Waals surface area contributed by atoms with Gasteiger partial charge in [-0.1, -0.05) is 41.5 Å². The molecule has 2 rings (SSSR count). The average Bonchev–Trinajstić information content (AvgIpc) is 2.45. The van der Waals surface area contributed by atoms with E-state index in [1.54, 1.807) is 26.0 Å². The maximum Gasteiger partial charge on any atom is 0.335 e. The number of aliphatic carboxylic acids is 1. The number of carboxylic acid groups (broad SMARTS) is 2. The number of hydrogen-bond donors (Lipinski definition) is 2. The molecule has 1 atom stereocenters. The van der Waals surface area contributed by atoms with Crippen LogP contribution in [0.4, 0.5) is 0 Å². The number of rotatable bonds is 2. The predicted molar refractivity (Wildman–Crippen MR) is 86.1 cm³/mol. The van der Waals surface area contributed by atoms with Crippen molar-refractivity contribution in [1.82, 2.24) is 0 Å². The van der Waals surface area contributed by atoms with Crippen molar-refractivity contribution >= 4 is 11.9 Å². The number of benzene rings is 1. The van der Waals surface area contributed by atoms with Crippen LogP contribution in [0.1, 0.15) is 41.8 Å². The van der Waals surface area contributed by atoms with Crippen LogP contribution in [0.25, 0.3) is 0 Å². The second-order valence-electron chi connectivity index (χ2n) is 5.83. The summed E-state index contributed by atoms with van der Waals surface area (Å²) in [6.45, 7) is 7.38. The van der Waals surface area contributed by atoms with Gasteiger partial charge in [0.05, 0.1) is 11.0 Å². The van der Waals surface area contributed by atoms with Crippen molar-refractivity contribution in [2.45, 2.75) is 34.1 Å². The summed E-state index contributed by atoms with van der Waals surface area (Å²) in [6, 6.07) is 5.40. The Morgan fingerprint density at radius 1 is 1.14 bits per heavy atom. The Morgan fingerprint density at radius 2 is 1.77 bits per heavy atom. The van der Waals surface area contributed by atoms with Gasteiger partial charge in [-0.3, -0.25) is 4.79 Å². The highest BCUT2D eigenvalue weighted by molar-refractivity contribution is 5.89. The number of allylic oxidation sites excluding steroid dienone is 3. The van der Waals surface area contributed by atoms with Gasteiger partial charge in [-0.05, 0) is 45.7 Å². The fourth-order valence-electron chi connectivity index (χ4n) is 1.95. The van der Waals surface area contributed by atoms with E-state index in [-0.39, 0.29) is 0 Å². The molecule has 0 fully saturated rings. The Hall–Kier alpha value is -2.36. The molecule has 1 aromatic rings. The molecule has 1 aliphatic carbocycles. The summed E-state index contributed by atoms with van der Waals surface area (Å²) < 4.78 is 0. The number of carbonyl (C=O) groups is 2. The normalized spacial score (nSPS) is 19.7. The molecule has 2 N–H and O–H groups in total. The highest BCUT2D eigenvalue weighted by Crippen LogP contribution is 2.29. The molecule has 0 aromatic heterocycles. The van der Waals surface area contributed by atoms with Crippen LogP contribution < -0.4 is 0 Å². The molecule has 0 radical (unpaired) electrons. The standard InChI is InChI=1S/C9H12O2.C9H10O2/c1-7-3-5-9(2,6-4-7)8(10)11;1-6-3-4-7(2)8(5-6)9(10)11/h3-5H,6H2,1-2H3,(H,10,11);3-5H,1-2H3,(H,10,11). The molecular formula is C18H22O4. The van der Waals surface area contributed by atoms with Crippen LogP contribution in [0.5, 0.6) is 0 Å². The summed E-state index contributed by atoms with van der Waals surface area (Å²) in [4.78, 5) is 21.3. The quantitative estimate of drug-likeness (QED) is 0.866. The zero-order valence-electron chi connectivity index (χ0n) is 13.4. The number of hydrogen-bond acceptors (Lipinski definition) is 2. The minimum Gasteiger partial charge on any atom is -0.481 e. The van der Waals surface area contributed by atoms with Crippen molar-refractivity contribution in [2.24, 2.45) is 5.41 Å². The largest absolute Gasteiger partial charge is 0.481 e. The Labute approximate surface area is 130 Å². The smallest absolute Gasteiger partial charge is 0.335 e. The number of aromatic carboxylic acids is 1. The maximum absolute atomic E-state index is 10.7. The van der Waals surface area contributed by atoms with Crippen molar-refractivity contribution in [3.05, 3.63) is 58.7 Å². The molecular weight excluding hydrogens is 280 g/mol. The first-order valence-electron chi connectivity index (χ1n) is 7.05. The molecule has 0 amide bonds. The molecule has 0 saturated heterocycles. The average molecular weight is 302 g/mol. The molecule has 0 saturated carbocycles. The van der Waals surface area contributed by atoms with Gasteiger partial charge in [0.2, 0.25) is 0 Å². The van der Waals surface area contributed by atoms with Crippen molar-refractivity contribution in [3.8, 4) is 0 Å². The lowest BCUT2D eigenvalue weighted by atomic mass is 9.82. The summed E-state index contributed by atoms with van der Waals surface area (Å²) in [5, 5.41) is 17.5. The van der Waals surface area contributed by atoms with Gasteiger partial charge in [-0.15, -0.1) is 0 Å². The summed E-state index contributed by atoms with van der Waals surface area (Å²) >= 11 is 0. The molecule has 1 aromatic carbocycles. The van der Waals surface area contributed by atoms with Crippen molar-refractivity contribution in [1.29, 1.82) is 0 Å². The van der Waals surface area contributed by atoms with Crippen LogP contribution in [0.15, 0.2) is 42.0 Å². The lowest BCUT2D eigenvalue weighted by molar-refractivity contribution is -0.145. The van der Waals surface area contributed by atoms with E-state index in [4.69, 9.17) is 10.2 Å². The lowest BCUT2D eigenvalue weighted by Gasteiger charge is -2.21. The van der Waals surface area contributed by atoms with Gasteiger partial charge in [0.25, 0.3) is 0 Å². The topological polar surface area (TPSA) is 74.6 Å². The molecule has 0 aliphatic heterocycles. The van der Waals surface area contributed by atoms with Crippen molar-refractivity contribution in [2.75, 3.05) is 0 Å². The molecule has 0 bridgehead atoms. The summed E-state index contributed by atoms with van der Waals surface area (Å²) in [5.74, 6) is -1.61.